The van der Waals surface area contributed by atoms with Crippen LogP contribution in [0.4, 0.5) is 49.7 Å². The predicted octanol–water partition coefficient (Wildman–Crippen LogP) is 8.51. The van der Waals surface area contributed by atoms with Gasteiger partial charge in [-0.05, 0) is 98.4 Å². The van der Waals surface area contributed by atoms with Crippen molar-refractivity contribution < 1.29 is 75.4 Å². The highest BCUT2D eigenvalue weighted by Gasteiger charge is 2.60. The number of carbonyl (C=O) groups is 2. The number of aryl methyl sites for hydroxylation is 1. The third-order valence-electron chi connectivity index (χ3n) is 12.7. The van der Waals surface area contributed by atoms with Crippen LogP contribution in [0.5, 0.6) is 5.75 Å². The van der Waals surface area contributed by atoms with Crippen LogP contribution in [0.2, 0.25) is 0 Å². The Hall–Kier alpha value is -7.49. The number of alkyl halides is 8. The maximum atomic E-state index is 16.1. The molecule has 0 saturated heterocycles. The number of halogens is 10. The van der Waals surface area contributed by atoms with Crippen LogP contribution in [0.25, 0.3) is 22.0 Å². The molecule has 0 aliphatic heterocycles. The van der Waals surface area contributed by atoms with E-state index in [9.17, 15) is 66.7 Å². The molecule has 3 heterocycles. The van der Waals surface area contributed by atoms with Gasteiger partial charge in [0.15, 0.2) is 21.3 Å². The molecule has 14 nitrogen and oxygen atoms in total. The summed E-state index contributed by atoms with van der Waals surface area (Å²) in [5.41, 5.74) is -3.18. The topological polar surface area (TPSA) is 186 Å². The molecule has 8 rings (SSSR count). The van der Waals surface area contributed by atoms with Crippen molar-refractivity contribution in [3.05, 3.63) is 141 Å². The number of pyridine rings is 1. The number of carbonyl (C=O) groups excluding carboxylic acids is 2. The third-order valence-corrected chi connectivity index (χ3v) is 15.7. The summed E-state index contributed by atoms with van der Waals surface area (Å²) in [6, 6.07) is 10.3. The van der Waals surface area contributed by atoms with E-state index in [4.69, 9.17) is 0 Å². The Labute approximate surface area is 426 Å². The first-order valence-corrected chi connectivity index (χ1v) is 26.2. The fraction of sp³-hybridized carbons (Fsp3) is 0.320. The van der Waals surface area contributed by atoms with Gasteiger partial charge >= 0.3 is 12.4 Å². The number of nitrogens with zero attached hydrogens (tertiary/aromatic N) is 6. The number of nitrogens with one attached hydrogen (secondary N) is 1. The third kappa shape index (κ3) is 10.8. The van der Waals surface area contributed by atoms with E-state index in [0.29, 0.717) is 17.0 Å². The highest BCUT2D eigenvalue weighted by molar-refractivity contribution is 7.93. The summed E-state index contributed by atoms with van der Waals surface area (Å²) in [5, 5.41) is 19.4. The lowest BCUT2D eigenvalue weighted by Gasteiger charge is -2.24. The highest BCUT2D eigenvalue weighted by Crippen LogP contribution is 2.58. The van der Waals surface area contributed by atoms with Gasteiger partial charge in [-0.3, -0.25) is 19.0 Å². The SMILES string of the molecule is Cc1ccc(-c2ccc(C#CC(C)(C)S(C)(=O)=O)nc2[C@H](Cc2cc(F)cc(F)c2)NC(=O)Cn2nc(C(F)(F)F)c3c2C(F)(F)[C@@H]2C=C=C[C@H]32)c2c1c(N(C(=O)Cc1ccc(O)cc1)S(C)(=O)=O)nn2CC(F)(F)F. The second-order valence-corrected chi connectivity index (χ2v) is 23.1. The minimum Gasteiger partial charge on any atom is -0.508 e. The zero-order valence-corrected chi connectivity index (χ0v) is 41.9. The Morgan fingerprint density at radius 3 is 2.13 bits per heavy atom. The Balaban J connectivity index is 1.36. The number of hydrogen-bond acceptors (Lipinski definition) is 10. The van der Waals surface area contributed by atoms with E-state index < -0.39 is 144 Å². The molecule has 0 radical (unpaired) electrons. The lowest BCUT2D eigenvalue weighted by atomic mass is 9.92. The molecule has 0 fully saturated rings. The summed E-state index contributed by atoms with van der Waals surface area (Å²) in [5.74, 6) is -8.01. The molecule has 0 saturated carbocycles. The minimum atomic E-state index is -5.29. The molecule has 76 heavy (non-hydrogen) atoms. The molecule has 6 aromatic rings. The summed E-state index contributed by atoms with van der Waals surface area (Å²) in [7, 11) is -8.66. The second-order valence-electron chi connectivity index (χ2n) is 18.7. The molecular formula is C50H41F10N7O7S2. The largest absolute Gasteiger partial charge is 0.508 e. The number of benzene rings is 3. The van der Waals surface area contributed by atoms with Gasteiger partial charge in [0, 0.05) is 40.3 Å². The van der Waals surface area contributed by atoms with Crippen molar-refractivity contribution in [3.63, 3.8) is 0 Å². The molecular weight excluding hydrogens is 1060 g/mol. The standard InChI is InChI=1S/C50H41F10N7O7S2/c1-26-9-15-34(43-40(26)46(64-66(43)25-48(53,54)55)67(76(5,73)74)39(70)22-27-10-13-32(68)14-11-27)33-16-12-31(17-18-47(2,3)75(4,71)72)61-42(33)37(21-28-19-29(51)23-30(52)20-28)62-38(69)24-65-45-41(44(63-65)50(58,59)60)35-7-6-8-36(35)49(45,56)57/h7-16,19-20,23,35-37,68H,21-22,24-25H2,1-5H3,(H,62,69)/t35-,36+,37-/m0/s1. The van der Waals surface area contributed by atoms with E-state index in [1.807, 2.05) is 0 Å². The zero-order chi connectivity index (χ0) is 55.8. The monoisotopic (exact) mass is 1110 g/mol. The average molecular weight is 1110 g/mol. The Morgan fingerprint density at radius 1 is 0.882 bits per heavy atom. The van der Waals surface area contributed by atoms with Crippen LogP contribution in [0.15, 0.2) is 84.6 Å². The number of hydrogen-bond donors (Lipinski definition) is 2. The number of allylic oxidation sites excluding steroid dienone is 1. The van der Waals surface area contributed by atoms with Crippen molar-refractivity contribution in [2.75, 3.05) is 16.8 Å². The molecule has 3 aromatic heterocycles. The van der Waals surface area contributed by atoms with Crippen LogP contribution < -0.4 is 9.62 Å². The molecule has 0 spiro atoms. The Morgan fingerprint density at radius 2 is 1.53 bits per heavy atom. The van der Waals surface area contributed by atoms with E-state index in [1.165, 1.54) is 69.3 Å². The second kappa shape index (κ2) is 19.3. The van der Waals surface area contributed by atoms with Crippen molar-refractivity contribution in [1.82, 2.24) is 29.9 Å². The van der Waals surface area contributed by atoms with Gasteiger partial charge < -0.3 is 10.4 Å². The molecule has 2 aliphatic rings. The van der Waals surface area contributed by atoms with Gasteiger partial charge in [0.05, 0.1) is 35.8 Å². The van der Waals surface area contributed by atoms with E-state index in [0.717, 1.165) is 30.5 Å². The summed E-state index contributed by atoms with van der Waals surface area (Å²) < 4.78 is 201. The van der Waals surface area contributed by atoms with Crippen molar-refractivity contribution in [2.24, 2.45) is 5.92 Å². The lowest BCUT2D eigenvalue weighted by molar-refractivity contribution is -0.143. The summed E-state index contributed by atoms with van der Waals surface area (Å²) in [4.78, 5) is 33.0. The van der Waals surface area contributed by atoms with Crippen molar-refractivity contribution in [1.29, 1.82) is 0 Å². The number of amides is 2. The van der Waals surface area contributed by atoms with Gasteiger partial charge in [0.25, 0.3) is 5.92 Å². The number of sulfonamides is 1. The molecule has 3 aromatic carbocycles. The highest BCUT2D eigenvalue weighted by atomic mass is 32.2. The van der Waals surface area contributed by atoms with Gasteiger partial charge in [-0.2, -0.15) is 49.6 Å². The number of anilines is 1. The van der Waals surface area contributed by atoms with E-state index in [1.54, 1.807) is 0 Å². The summed E-state index contributed by atoms with van der Waals surface area (Å²) >= 11 is 0. The molecule has 2 N–H and O–H groups in total. The van der Waals surface area contributed by atoms with Gasteiger partial charge in [0.2, 0.25) is 21.8 Å². The van der Waals surface area contributed by atoms with Crippen LogP contribution in [0.3, 0.4) is 0 Å². The number of fused-ring (bicyclic) bond motifs is 4. The maximum Gasteiger partial charge on any atom is 0.435 e. The number of phenols is 1. The van der Waals surface area contributed by atoms with Crippen LogP contribution in [0.1, 0.15) is 70.8 Å². The first-order chi connectivity index (χ1) is 35.1. The normalized spacial score (nSPS) is 16.6. The molecule has 26 heteroatoms. The number of aromatic nitrogens is 5. The fourth-order valence-corrected chi connectivity index (χ4v) is 10.1. The van der Waals surface area contributed by atoms with Crippen LogP contribution in [-0.4, -0.2) is 81.7 Å². The van der Waals surface area contributed by atoms with Crippen molar-refractivity contribution in [3.8, 4) is 28.7 Å². The van der Waals surface area contributed by atoms with Crippen LogP contribution in [0, 0.1) is 36.3 Å². The Bertz CT molecular complexity index is 3720. The van der Waals surface area contributed by atoms with Gasteiger partial charge in [-0.15, -0.1) is 5.73 Å². The molecule has 2 aliphatic carbocycles. The fourth-order valence-electron chi connectivity index (χ4n) is 9.01. The molecule has 0 unspecified atom stereocenters. The molecule has 400 valence electrons. The molecule has 2 amide bonds. The van der Waals surface area contributed by atoms with Crippen molar-refractivity contribution in [2.45, 2.75) is 81.7 Å². The summed E-state index contributed by atoms with van der Waals surface area (Å²) in [6.07, 6.45) is -8.36. The minimum absolute atomic E-state index is 0.0604. The zero-order valence-electron chi connectivity index (χ0n) is 40.2. The predicted molar refractivity (Wildman–Crippen MR) is 255 cm³/mol. The number of aromatic hydroxyl groups is 1. The van der Waals surface area contributed by atoms with Crippen molar-refractivity contribution >= 4 is 48.4 Å². The summed E-state index contributed by atoms with van der Waals surface area (Å²) in [6.45, 7) is 0.600. The molecule has 3 atom stereocenters. The van der Waals surface area contributed by atoms with E-state index >= 15 is 8.78 Å². The smallest absolute Gasteiger partial charge is 0.435 e. The number of sulfone groups is 1. The maximum absolute atomic E-state index is 16.1. The average Bonchev–Trinajstić information content (AvgIpc) is 4.07. The number of phenolic OH excluding ortho intramolecular Hbond substituents is 1. The van der Waals surface area contributed by atoms with Crippen LogP contribution >= 0.6 is 0 Å². The van der Waals surface area contributed by atoms with E-state index in [-0.39, 0.29) is 53.6 Å². The first-order valence-electron chi connectivity index (χ1n) is 22.5. The van der Waals surface area contributed by atoms with Gasteiger partial charge in [0.1, 0.15) is 46.6 Å². The van der Waals surface area contributed by atoms with Gasteiger partial charge in [-0.1, -0.05) is 30.2 Å². The molecule has 0 bridgehead atoms. The van der Waals surface area contributed by atoms with Crippen LogP contribution in [-0.2, 0) is 67.5 Å². The lowest BCUT2D eigenvalue weighted by Crippen LogP contribution is -2.38. The number of rotatable bonds is 13. The first kappa shape index (κ1) is 54.8. The Kier molecular flexibility index (Phi) is 13.9. The quantitative estimate of drug-likeness (QED) is 0.0645. The van der Waals surface area contributed by atoms with Gasteiger partial charge in [-0.25, -0.2) is 30.6 Å². The van der Waals surface area contributed by atoms with E-state index in [2.05, 4.69) is 38.1 Å².